The molecule has 0 spiro atoms. The van der Waals surface area contributed by atoms with E-state index in [1.165, 1.54) is 6.07 Å². The van der Waals surface area contributed by atoms with E-state index in [2.05, 4.69) is 9.88 Å². The van der Waals surface area contributed by atoms with Crippen LogP contribution in [0.2, 0.25) is 0 Å². The Labute approximate surface area is 118 Å². The number of halogens is 2. The first-order chi connectivity index (χ1) is 8.74. The highest BCUT2D eigenvalue weighted by Crippen LogP contribution is 2.28. The predicted octanol–water partition coefficient (Wildman–Crippen LogP) is 2.72. The molecule has 2 heterocycles. The zero-order chi connectivity index (χ0) is 12.5. The molecule has 0 atom stereocenters. The normalized spacial score (nSPS) is 16.4. The first kappa shape index (κ1) is 14.0. The summed E-state index contributed by atoms with van der Waals surface area (Å²) in [6, 6.07) is 6.99. The summed E-state index contributed by atoms with van der Waals surface area (Å²) < 4.78 is 13.4. The van der Waals surface area contributed by atoms with Crippen molar-refractivity contribution in [2.24, 2.45) is 5.73 Å². The Morgan fingerprint density at radius 3 is 2.68 bits per heavy atom. The number of piperidine rings is 1. The van der Waals surface area contributed by atoms with E-state index in [1.807, 2.05) is 6.07 Å². The van der Waals surface area contributed by atoms with Gasteiger partial charge in [-0.3, -0.25) is 4.98 Å². The minimum atomic E-state index is -0.217. The first-order valence-corrected chi connectivity index (χ1v) is 6.29. The van der Waals surface area contributed by atoms with E-state index in [-0.39, 0.29) is 18.2 Å². The van der Waals surface area contributed by atoms with Gasteiger partial charge in [-0.15, -0.1) is 12.4 Å². The quantitative estimate of drug-likeness (QED) is 0.874. The molecular weight excluding hydrogens is 265 g/mol. The van der Waals surface area contributed by atoms with E-state index in [1.54, 1.807) is 18.3 Å². The van der Waals surface area contributed by atoms with Crippen LogP contribution < -0.4 is 10.6 Å². The van der Waals surface area contributed by atoms with Gasteiger partial charge < -0.3 is 10.6 Å². The van der Waals surface area contributed by atoms with Crippen LogP contribution in [0.15, 0.2) is 30.5 Å². The zero-order valence-electron chi connectivity index (χ0n) is 10.6. The fourth-order valence-corrected chi connectivity index (χ4v) is 2.52. The largest absolute Gasteiger partial charge is 0.371 e. The van der Waals surface area contributed by atoms with Gasteiger partial charge in [-0.2, -0.15) is 0 Å². The lowest BCUT2D eigenvalue weighted by Gasteiger charge is -2.32. The summed E-state index contributed by atoms with van der Waals surface area (Å²) in [5.41, 5.74) is 7.81. The third kappa shape index (κ3) is 2.80. The Bertz CT molecular complexity index is 568. The van der Waals surface area contributed by atoms with Crippen LogP contribution in [0.1, 0.15) is 12.8 Å². The number of fused-ring (bicyclic) bond motifs is 1. The molecule has 1 aromatic heterocycles. The van der Waals surface area contributed by atoms with Gasteiger partial charge in [0, 0.05) is 36.4 Å². The SMILES string of the molecule is Cl.NC1CCN(c2ccnc3ccc(F)cc23)CC1. The van der Waals surface area contributed by atoms with Gasteiger partial charge in [0.15, 0.2) is 0 Å². The zero-order valence-corrected chi connectivity index (χ0v) is 11.4. The maximum atomic E-state index is 13.4. The highest BCUT2D eigenvalue weighted by atomic mass is 35.5. The Kier molecular flexibility index (Phi) is 4.22. The van der Waals surface area contributed by atoms with E-state index < -0.39 is 0 Å². The van der Waals surface area contributed by atoms with Crippen molar-refractivity contribution in [3.63, 3.8) is 0 Å². The minimum absolute atomic E-state index is 0. The number of nitrogens with zero attached hydrogens (tertiary/aromatic N) is 2. The van der Waals surface area contributed by atoms with Crippen LogP contribution in [0.5, 0.6) is 0 Å². The van der Waals surface area contributed by atoms with Crippen molar-refractivity contribution >= 4 is 29.0 Å². The number of aromatic nitrogens is 1. The monoisotopic (exact) mass is 281 g/mol. The summed E-state index contributed by atoms with van der Waals surface area (Å²) in [5, 5.41) is 0.882. The van der Waals surface area contributed by atoms with Gasteiger partial charge in [0.05, 0.1) is 5.52 Å². The highest BCUT2D eigenvalue weighted by molar-refractivity contribution is 5.91. The number of pyridine rings is 1. The molecule has 1 saturated heterocycles. The van der Waals surface area contributed by atoms with E-state index >= 15 is 0 Å². The molecule has 0 unspecified atom stereocenters. The van der Waals surface area contributed by atoms with Gasteiger partial charge in [0.25, 0.3) is 0 Å². The topological polar surface area (TPSA) is 42.1 Å². The lowest BCUT2D eigenvalue weighted by molar-refractivity contribution is 0.502. The van der Waals surface area contributed by atoms with Crippen molar-refractivity contribution in [3.8, 4) is 0 Å². The molecule has 0 bridgehead atoms. The van der Waals surface area contributed by atoms with E-state index in [0.717, 1.165) is 42.5 Å². The molecule has 0 saturated carbocycles. The first-order valence-electron chi connectivity index (χ1n) is 6.29. The maximum absolute atomic E-state index is 13.4. The standard InChI is InChI=1S/C14H16FN3.ClH/c15-10-1-2-13-12(9-10)14(3-6-17-13)18-7-4-11(16)5-8-18;/h1-3,6,9,11H,4-5,7-8,16H2;1H. The molecular formula is C14H17ClFN3. The van der Waals surface area contributed by atoms with Gasteiger partial charge in [-0.1, -0.05) is 0 Å². The molecule has 2 aromatic rings. The van der Waals surface area contributed by atoms with Gasteiger partial charge in [0.2, 0.25) is 0 Å². The number of rotatable bonds is 1. The molecule has 0 amide bonds. The minimum Gasteiger partial charge on any atom is -0.371 e. The molecule has 1 fully saturated rings. The second-order valence-electron chi connectivity index (χ2n) is 4.82. The second kappa shape index (κ2) is 5.72. The van der Waals surface area contributed by atoms with Gasteiger partial charge in [-0.25, -0.2) is 4.39 Å². The van der Waals surface area contributed by atoms with Crippen molar-refractivity contribution < 1.29 is 4.39 Å². The molecule has 2 N–H and O–H groups in total. The maximum Gasteiger partial charge on any atom is 0.124 e. The Morgan fingerprint density at radius 1 is 1.21 bits per heavy atom. The number of hydrogen-bond donors (Lipinski definition) is 1. The summed E-state index contributed by atoms with van der Waals surface area (Å²) in [7, 11) is 0. The van der Waals surface area contributed by atoms with E-state index in [9.17, 15) is 4.39 Å². The smallest absolute Gasteiger partial charge is 0.124 e. The van der Waals surface area contributed by atoms with Crippen LogP contribution >= 0.6 is 12.4 Å². The van der Waals surface area contributed by atoms with Crippen molar-refractivity contribution in [3.05, 3.63) is 36.3 Å². The molecule has 0 radical (unpaired) electrons. The summed E-state index contributed by atoms with van der Waals surface area (Å²) in [6.45, 7) is 1.85. The molecule has 1 aliphatic heterocycles. The van der Waals surface area contributed by atoms with Crippen LogP contribution in [0, 0.1) is 5.82 Å². The molecule has 1 aromatic carbocycles. The summed E-state index contributed by atoms with van der Waals surface area (Å²) in [5.74, 6) is -0.217. The van der Waals surface area contributed by atoms with Crippen LogP contribution in [0.3, 0.4) is 0 Å². The Morgan fingerprint density at radius 2 is 1.95 bits per heavy atom. The molecule has 5 heteroatoms. The van der Waals surface area contributed by atoms with Gasteiger partial charge >= 0.3 is 0 Å². The van der Waals surface area contributed by atoms with Gasteiger partial charge in [0.1, 0.15) is 5.82 Å². The van der Waals surface area contributed by atoms with Crippen molar-refractivity contribution in [2.45, 2.75) is 18.9 Å². The van der Waals surface area contributed by atoms with Crippen LogP contribution in [-0.2, 0) is 0 Å². The molecule has 19 heavy (non-hydrogen) atoms. The summed E-state index contributed by atoms with van der Waals surface area (Å²) in [4.78, 5) is 6.55. The third-order valence-electron chi connectivity index (χ3n) is 3.56. The van der Waals surface area contributed by atoms with E-state index in [0.29, 0.717) is 6.04 Å². The third-order valence-corrected chi connectivity index (χ3v) is 3.56. The van der Waals surface area contributed by atoms with Crippen molar-refractivity contribution in [1.82, 2.24) is 4.98 Å². The molecule has 3 nitrogen and oxygen atoms in total. The number of benzene rings is 1. The molecule has 1 aliphatic rings. The average Bonchev–Trinajstić information content (AvgIpc) is 2.39. The lowest BCUT2D eigenvalue weighted by atomic mass is 10.0. The number of hydrogen-bond acceptors (Lipinski definition) is 3. The Hall–Kier alpha value is -1.39. The molecule has 102 valence electrons. The Balaban J connectivity index is 0.00000133. The van der Waals surface area contributed by atoms with Crippen molar-refractivity contribution in [2.75, 3.05) is 18.0 Å². The fraction of sp³-hybridized carbons (Fsp3) is 0.357. The van der Waals surface area contributed by atoms with Crippen molar-refractivity contribution in [1.29, 1.82) is 0 Å². The number of anilines is 1. The molecule has 3 rings (SSSR count). The fourth-order valence-electron chi connectivity index (χ4n) is 2.52. The summed E-state index contributed by atoms with van der Waals surface area (Å²) >= 11 is 0. The van der Waals surface area contributed by atoms with Gasteiger partial charge in [-0.05, 0) is 37.1 Å². The van der Waals surface area contributed by atoms with E-state index in [4.69, 9.17) is 5.73 Å². The molecule has 0 aliphatic carbocycles. The number of nitrogens with two attached hydrogens (primary N) is 1. The lowest BCUT2D eigenvalue weighted by Crippen LogP contribution is -2.39. The predicted molar refractivity (Wildman–Crippen MR) is 78.4 cm³/mol. The van der Waals surface area contributed by atoms with Crippen LogP contribution in [-0.4, -0.2) is 24.1 Å². The average molecular weight is 282 g/mol. The van der Waals surface area contributed by atoms with Crippen LogP contribution in [0.25, 0.3) is 10.9 Å². The summed E-state index contributed by atoms with van der Waals surface area (Å²) in [6.07, 6.45) is 3.75. The second-order valence-corrected chi connectivity index (χ2v) is 4.82. The highest BCUT2D eigenvalue weighted by Gasteiger charge is 2.18. The van der Waals surface area contributed by atoms with Crippen LogP contribution in [0.4, 0.5) is 10.1 Å².